The monoisotopic (exact) mass is 280 g/mol. The number of fused-ring (bicyclic) bond motifs is 1. The van der Waals surface area contributed by atoms with Crippen molar-refractivity contribution in [3.8, 4) is 0 Å². The molecule has 0 amide bonds. The highest BCUT2D eigenvalue weighted by atomic mass is 19.3. The zero-order valence-corrected chi connectivity index (χ0v) is 11.2. The van der Waals surface area contributed by atoms with Gasteiger partial charge in [-0.3, -0.25) is 4.79 Å². The number of hydrogen-bond donors (Lipinski definition) is 1. The second-order valence-corrected chi connectivity index (χ2v) is 6.11. The van der Waals surface area contributed by atoms with Gasteiger partial charge < -0.3 is 5.11 Å². The Balaban J connectivity index is 1.96. The van der Waals surface area contributed by atoms with E-state index in [-0.39, 0.29) is 31.6 Å². The molecule has 0 bridgehead atoms. The van der Waals surface area contributed by atoms with E-state index in [4.69, 9.17) is 0 Å². The van der Waals surface area contributed by atoms with Crippen molar-refractivity contribution in [1.29, 1.82) is 0 Å². The number of halogens is 2. The van der Waals surface area contributed by atoms with Crippen molar-refractivity contribution in [3.05, 3.63) is 35.4 Å². The van der Waals surface area contributed by atoms with Crippen LogP contribution in [0.4, 0.5) is 8.78 Å². The number of aliphatic carboxylic acids is 1. The summed E-state index contributed by atoms with van der Waals surface area (Å²) < 4.78 is 26.8. The summed E-state index contributed by atoms with van der Waals surface area (Å²) in [4.78, 5) is 11.8. The molecule has 1 unspecified atom stereocenters. The quantitative estimate of drug-likeness (QED) is 0.889. The number of alkyl halides is 2. The van der Waals surface area contributed by atoms with Gasteiger partial charge in [0.25, 0.3) is 0 Å². The van der Waals surface area contributed by atoms with Gasteiger partial charge in [0.05, 0.1) is 5.41 Å². The highest BCUT2D eigenvalue weighted by molar-refractivity contribution is 5.77. The van der Waals surface area contributed by atoms with Crippen molar-refractivity contribution in [2.75, 3.05) is 0 Å². The fraction of sp³-hybridized carbons (Fsp3) is 0.562. The second kappa shape index (κ2) is 4.54. The van der Waals surface area contributed by atoms with Gasteiger partial charge in [0.1, 0.15) is 0 Å². The molecule has 0 heterocycles. The fourth-order valence-electron chi connectivity index (χ4n) is 3.90. The third-order valence-electron chi connectivity index (χ3n) is 5.10. The fourth-order valence-corrected chi connectivity index (χ4v) is 3.90. The molecule has 1 aromatic rings. The molecule has 1 aromatic carbocycles. The van der Waals surface area contributed by atoms with E-state index < -0.39 is 17.3 Å². The Morgan fingerprint density at radius 1 is 1.15 bits per heavy atom. The van der Waals surface area contributed by atoms with Crippen molar-refractivity contribution in [3.63, 3.8) is 0 Å². The first-order valence-corrected chi connectivity index (χ1v) is 7.14. The molecule has 2 aliphatic rings. The average Bonchev–Trinajstić information content (AvgIpc) is 2.83. The Hall–Kier alpha value is -1.45. The number of benzene rings is 1. The molecule has 20 heavy (non-hydrogen) atoms. The van der Waals surface area contributed by atoms with E-state index in [1.54, 1.807) is 0 Å². The van der Waals surface area contributed by atoms with Gasteiger partial charge in [0.2, 0.25) is 5.92 Å². The van der Waals surface area contributed by atoms with Crippen LogP contribution in [0.1, 0.15) is 49.1 Å². The van der Waals surface area contributed by atoms with Gasteiger partial charge in [-0.25, -0.2) is 8.78 Å². The largest absolute Gasteiger partial charge is 0.481 e. The SMILES string of the molecule is O=C(O)C1(C2CCc3ccccc32)CCC(F)(F)CC1. The van der Waals surface area contributed by atoms with Gasteiger partial charge >= 0.3 is 5.97 Å². The van der Waals surface area contributed by atoms with Crippen LogP contribution >= 0.6 is 0 Å². The molecule has 1 atom stereocenters. The van der Waals surface area contributed by atoms with Crippen molar-refractivity contribution in [1.82, 2.24) is 0 Å². The third-order valence-corrected chi connectivity index (χ3v) is 5.10. The summed E-state index contributed by atoms with van der Waals surface area (Å²) in [7, 11) is 0. The number of carboxylic acid groups (broad SMARTS) is 1. The molecule has 2 aliphatic carbocycles. The Bertz CT molecular complexity index is 529. The van der Waals surface area contributed by atoms with Crippen LogP contribution in [0.3, 0.4) is 0 Å². The zero-order valence-electron chi connectivity index (χ0n) is 11.2. The number of carboxylic acids is 1. The lowest BCUT2D eigenvalue weighted by molar-refractivity contribution is -0.159. The Morgan fingerprint density at radius 2 is 1.80 bits per heavy atom. The van der Waals surface area contributed by atoms with Crippen LogP contribution in [0.25, 0.3) is 0 Å². The van der Waals surface area contributed by atoms with Gasteiger partial charge in [0.15, 0.2) is 0 Å². The number of hydrogen-bond acceptors (Lipinski definition) is 1. The first-order chi connectivity index (χ1) is 9.45. The van der Waals surface area contributed by atoms with E-state index in [9.17, 15) is 18.7 Å². The third kappa shape index (κ3) is 2.02. The summed E-state index contributed by atoms with van der Waals surface area (Å²) >= 11 is 0. The van der Waals surface area contributed by atoms with E-state index in [1.165, 1.54) is 5.56 Å². The number of carbonyl (C=O) groups is 1. The van der Waals surface area contributed by atoms with Crippen LogP contribution in [-0.2, 0) is 11.2 Å². The summed E-state index contributed by atoms with van der Waals surface area (Å²) in [6.07, 6.45) is 1.15. The Morgan fingerprint density at radius 3 is 2.45 bits per heavy atom. The van der Waals surface area contributed by atoms with Crippen LogP contribution in [0.15, 0.2) is 24.3 Å². The summed E-state index contributed by atoms with van der Waals surface area (Å²) in [5.41, 5.74) is 1.23. The predicted molar refractivity (Wildman–Crippen MR) is 71.0 cm³/mol. The van der Waals surface area contributed by atoms with Gasteiger partial charge in [-0.05, 0) is 36.8 Å². The zero-order chi connectivity index (χ0) is 14.4. The van der Waals surface area contributed by atoms with E-state index in [2.05, 4.69) is 0 Å². The highest BCUT2D eigenvalue weighted by Crippen LogP contribution is 2.55. The normalized spacial score (nSPS) is 27.0. The molecule has 1 saturated carbocycles. The van der Waals surface area contributed by atoms with Crippen LogP contribution in [0.5, 0.6) is 0 Å². The Kier molecular flexibility index (Phi) is 3.07. The van der Waals surface area contributed by atoms with Crippen LogP contribution in [0, 0.1) is 5.41 Å². The minimum absolute atomic E-state index is 0.0777. The second-order valence-electron chi connectivity index (χ2n) is 6.11. The molecule has 4 heteroatoms. The lowest BCUT2D eigenvalue weighted by Gasteiger charge is -2.41. The van der Waals surface area contributed by atoms with Gasteiger partial charge in [-0.1, -0.05) is 24.3 Å². The van der Waals surface area contributed by atoms with Crippen molar-refractivity contribution < 1.29 is 18.7 Å². The first kappa shape index (κ1) is 13.5. The van der Waals surface area contributed by atoms with E-state index in [0.717, 1.165) is 18.4 Å². The summed E-state index contributed by atoms with van der Waals surface area (Å²) in [5.74, 6) is -3.72. The Labute approximate surface area is 116 Å². The van der Waals surface area contributed by atoms with Crippen molar-refractivity contribution in [2.24, 2.45) is 5.41 Å². The van der Waals surface area contributed by atoms with E-state index in [1.807, 2.05) is 24.3 Å². The molecule has 0 saturated heterocycles. The predicted octanol–water partition coefficient (Wildman–Crippen LogP) is 4.00. The molecule has 1 N–H and O–H groups in total. The van der Waals surface area contributed by atoms with Crippen LogP contribution < -0.4 is 0 Å². The lowest BCUT2D eigenvalue weighted by Crippen LogP contribution is -2.43. The molecule has 2 nitrogen and oxygen atoms in total. The van der Waals surface area contributed by atoms with Crippen molar-refractivity contribution in [2.45, 2.75) is 50.4 Å². The average molecular weight is 280 g/mol. The summed E-state index contributed by atoms with van der Waals surface area (Å²) in [5, 5.41) is 9.70. The van der Waals surface area contributed by atoms with E-state index in [0.29, 0.717) is 0 Å². The number of rotatable bonds is 2. The van der Waals surface area contributed by atoms with Crippen molar-refractivity contribution >= 4 is 5.97 Å². The van der Waals surface area contributed by atoms with E-state index >= 15 is 0 Å². The topological polar surface area (TPSA) is 37.3 Å². The maximum atomic E-state index is 13.4. The smallest absolute Gasteiger partial charge is 0.310 e. The lowest BCUT2D eigenvalue weighted by atomic mass is 9.63. The molecule has 108 valence electrons. The molecule has 1 fully saturated rings. The molecule has 0 aliphatic heterocycles. The standard InChI is InChI=1S/C16H18F2O2/c17-16(18)9-7-15(8-10-16,14(19)20)13-6-5-11-3-1-2-4-12(11)13/h1-4,13H,5-10H2,(H,19,20). The molecule has 3 rings (SSSR count). The molecule has 0 radical (unpaired) electrons. The minimum atomic E-state index is -2.70. The number of aryl methyl sites for hydroxylation is 1. The van der Waals surface area contributed by atoms with Crippen LogP contribution in [0.2, 0.25) is 0 Å². The van der Waals surface area contributed by atoms with Gasteiger partial charge in [-0.15, -0.1) is 0 Å². The maximum Gasteiger partial charge on any atom is 0.310 e. The summed E-state index contributed by atoms with van der Waals surface area (Å²) in [6.45, 7) is 0. The molecular formula is C16H18F2O2. The minimum Gasteiger partial charge on any atom is -0.481 e. The first-order valence-electron chi connectivity index (χ1n) is 7.14. The molecule has 0 spiro atoms. The van der Waals surface area contributed by atoms with Crippen LogP contribution in [-0.4, -0.2) is 17.0 Å². The highest BCUT2D eigenvalue weighted by Gasteiger charge is 2.53. The molecule has 0 aromatic heterocycles. The molecular weight excluding hydrogens is 262 g/mol. The van der Waals surface area contributed by atoms with Gasteiger partial charge in [0, 0.05) is 18.8 Å². The summed E-state index contributed by atoms with van der Waals surface area (Å²) in [6, 6.07) is 7.83. The maximum absolute atomic E-state index is 13.4. The van der Waals surface area contributed by atoms with Gasteiger partial charge in [-0.2, -0.15) is 0 Å².